The van der Waals surface area contributed by atoms with Crippen LogP contribution in [-0.4, -0.2) is 43.6 Å². The maximum atomic E-state index is 13.0. The molecule has 1 aromatic rings. The maximum absolute atomic E-state index is 13.0. The Hall–Kier alpha value is -1.02. The lowest BCUT2D eigenvalue weighted by molar-refractivity contribution is -0.253. The largest absolute Gasteiger partial charge is 0.461 e. The summed E-state index contributed by atoms with van der Waals surface area (Å²) < 4.78 is 54.4. The summed E-state index contributed by atoms with van der Waals surface area (Å²) in [5.74, 6) is -0.279. The molecule has 150 valence electrons. The lowest BCUT2D eigenvalue weighted by Gasteiger charge is -2.35. The molecule has 0 radical (unpaired) electrons. The van der Waals surface area contributed by atoms with Gasteiger partial charge in [-0.15, -0.1) is 31.4 Å². The van der Waals surface area contributed by atoms with Crippen molar-refractivity contribution in [1.82, 2.24) is 10.2 Å². The van der Waals surface area contributed by atoms with E-state index in [1.807, 2.05) is 6.92 Å². The van der Waals surface area contributed by atoms with Crippen LogP contribution in [0.25, 0.3) is 0 Å². The number of piperazine rings is 1. The van der Waals surface area contributed by atoms with Crippen LogP contribution >= 0.6 is 24.8 Å². The zero-order valence-corrected chi connectivity index (χ0v) is 16.0. The lowest BCUT2D eigenvalue weighted by atomic mass is 9.98. The van der Waals surface area contributed by atoms with Gasteiger partial charge in [-0.3, -0.25) is 4.90 Å². The van der Waals surface area contributed by atoms with E-state index in [4.69, 9.17) is 0 Å². The molecular formula is C17H24Cl2F4N2O. The summed E-state index contributed by atoms with van der Waals surface area (Å²) >= 11 is 0. The van der Waals surface area contributed by atoms with E-state index < -0.39 is 12.5 Å². The molecule has 0 bridgehead atoms. The predicted octanol–water partition coefficient (Wildman–Crippen LogP) is 4.68. The molecule has 1 aliphatic rings. The van der Waals surface area contributed by atoms with Gasteiger partial charge in [0, 0.05) is 32.2 Å². The van der Waals surface area contributed by atoms with Crippen molar-refractivity contribution in [3.8, 4) is 5.75 Å². The molecule has 9 heteroatoms. The fourth-order valence-corrected chi connectivity index (χ4v) is 2.74. The maximum Gasteiger partial charge on any atom is 0.461 e. The molecular weight excluding hydrogens is 395 g/mol. The Morgan fingerprint density at radius 3 is 2.19 bits per heavy atom. The van der Waals surface area contributed by atoms with Gasteiger partial charge in [-0.25, -0.2) is 0 Å². The third kappa shape index (κ3) is 6.95. The quantitative estimate of drug-likeness (QED) is 0.513. The van der Waals surface area contributed by atoms with Crippen molar-refractivity contribution in [3.63, 3.8) is 0 Å². The summed E-state index contributed by atoms with van der Waals surface area (Å²) in [5, 5.41) is 3.28. The molecule has 2 rings (SSSR count). The standard InChI is InChI=1S/C17H22F4N2O.2ClH/c1-12(2)11-15(23-9-7-22-8-10-23)13-3-5-14(6-4-13)24-17(20,21)16(18)19;;/h3-6,15-16,22H,1,7-11H2,2H3;2*1H/t15-;;/m0../s1. The zero-order valence-electron chi connectivity index (χ0n) is 14.4. The van der Waals surface area contributed by atoms with Crippen molar-refractivity contribution < 1.29 is 22.3 Å². The molecule has 1 atom stereocenters. The van der Waals surface area contributed by atoms with Crippen LogP contribution in [0.1, 0.15) is 24.9 Å². The summed E-state index contributed by atoms with van der Waals surface area (Å²) in [4.78, 5) is 2.30. The van der Waals surface area contributed by atoms with Gasteiger partial charge < -0.3 is 10.1 Å². The van der Waals surface area contributed by atoms with Crippen LogP contribution in [0.3, 0.4) is 0 Å². The Bertz CT molecular complexity index is 552. The van der Waals surface area contributed by atoms with Crippen molar-refractivity contribution in [3.05, 3.63) is 42.0 Å². The molecule has 0 aliphatic carbocycles. The molecule has 0 amide bonds. The fourth-order valence-electron chi connectivity index (χ4n) is 2.74. The van der Waals surface area contributed by atoms with Gasteiger partial charge in [-0.2, -0.15) is 17.6 Å². The Morgan fingerprint density at radius 1 is 1.19 bits per heavy atom. The average Bonchev–Trinajstić information content (AvgIpc) is 2.54. The third-order valence-corrected chi connectivity index (χ3v) is 3.91. The Kier molecular flexibility index (Phi) is 10.5. The number of hydrogen-bond donors (Lipinski definition) is 1. The highest BCUT2D eigenvalue weighted by Crippen LogP contribution is 2.31. The van der Waals surface area contributed by atoms with E-state index in [9.17, 15) is 17.6 Å². The molecule has 3 nitrogen and oxygen atoms in total. The summed E-state index contributed by atoms with van der Waals surface area (Å²) in [6.07, 6.45) is -7.61. The first-order chi connectivity index (χ1) is 11.3. The summed E-state index contributed by atoms with van der Waals surface area (Å²) in [5.41, 5.74) is 1.94. The van der Waals surface area contributed by atoms with Crippen molar-refractivity contribution >= 4 is 24.8 Å². The highest BCUT2D eigenvalue weighted by molar-refractivity contribution is 5.85. The minimum absolute atomic E-state index is 0. The number of nitrogens with zero attached hydrogens (tertiary/aromatic N) is 1. The molecule has 1 saturated heterocycles. The predicted molar refractivity (Wildman–Crippen MR) is 99.1 cm³/mol. The van der Waals surface area contributed by atoms with Crippen molar-refractivity contribution in [2.75, 3.05) is 26.2 Å². The average molecular weight is 419 g/mol. The van der Waals surface area contributed by atoms with E-state index in [-0.39, 0.29) is 36.6 Å². The minimum atomic E-state index is -4.49. The second kappa shape index (κ2) is 11.0. The topological polar surface area (TPSA) is 24.5 Å². The number of benzene rings is 1. The first-order valence-corrected chi connectivity index (χ1v) is 7.83. The molecule has 1 aromatic carbocycles. The molecule has 1 fully saturated rings. The highest BCUT2D eigenvalue weighted by Gasteiger charge is 2.43. The zero-order chi connectivity index (χ0) is 17.7. The molecule has 1 aliphatic heterocycles. The molecule has 0 unspecified atom stereocenters. The van der Waals surface area contributed by atoms with Gasteiger partial charge >= 0.3 is 12.5 Å². The van der Waals surface area contributed by atoms with Crippen LogP contribution in [0.2, 0.25) is 0 Å². The van der Waals surface area contributed by atoms with E-state index in [0.717, 1.165) is 43.7 Å². The van der Waals surface area contributed by atoms with Crippen molar-refractivity contribution in [2.24, 2.45) is 0 Å². The van der Waals surface area contributed by atoms with Gasteiger partial charge in [0.1, 0.15) is 5.75 Å². The highest BCUT2D eigenvalue weighted by atomic mass is 35.5. The minimum Gasteiger partial charge on any atom is -0.428 e. The van der Waals surface area contributed by atoms with Crippen LogP contribution < -0.4 is 10.1 Å². The van der Waals surface area contributed by atoms with E-state index in [1.165, 1.54) is 12.1 Å². The van der Waals surface area contributed by atoms with Crippen LogP contribution in [0.4, 0.5) is 17.6 Å². The van der Waals surface area contributed by atoms with E-state index >= 15 is 0 Å². The van der Waals surface area contributed by atoms with Crippen LogP contribution in [0.15, 0.2) is 36.4 Å². The monoisotopic (exact) mass is 418 g/mol. The van der Waals surface area contributed by atoms with Gasteiger partial charge in [-0.1, -0.05) is 17.7 Å². The number of rotatable bonds is 7. The van der Waals surface area contributed by atoms with Crippen LogP contribution in [0.5, 0.6) is 5.75 Å². The molecule has 26 heavy (non-hydrogen) atoms. The molecule has 0 aromatic heterocycles. The first-order valence-electron chi connectivity index (χ1n) is 7.83. The lowest BCUT2D eigenvalue weighted by Crippen LogP contribution is -2.45. The van der Waals surface area contributed by atoms with E-state index in [1.54, 1.807) is 12.1 Å². The summed E-state index contributed by atoms with van der Waals surface area (Å²) in [6.45, 7) is 9.41. The van der Waals surface area contributed by atoms with Crippen molar-refractivity contribution in [1.29, 1.82) is 0 Å². The third-order valence-electron chi connectivity index (χ3n) is 3.91. The SMILES string of the molecule is C=C(C)C[C@@H](c1ccc(OC(F)(F)C(F)F)cc1)N1CCNCC1.Cl.Cl. The molecule has 0 spiro atoms. The Labute approximate surface area is 163 Å². The number of ether oxygens (including phenoxy) is 1. The van der Waals surface area contributed by atoms with Gasteiger partial charge in [0.05, 0.1) is 0 Å². The number of hydrogen-bond acceptors (Lipinski definition) is 3. The summed E-state index contributed by atoms with van der Waals surface area (Å²) in [7, 11) is 0. The first kappa shape index (κ1) is 25.0. The molecule has 1 heterocycles. The number of alkyl halides is 4. The normalized spacial score (nSPS) is 16.4. The fraction of sp³-hybridized carbons (Fsp3) is 0.529. The Balaban J connectivity index is 0.00000312. The number of halogens is 6. The Morgan fingerprint density at radius 2 is 1.73 bits per heavy atom. The van der Waals surface area contributed by atoms with E-state index in [0.29, 0.717) is 0 Å². The van der Waals surface area contributed by atoms with Gasteiger partial charge in [0.2, 0.25) is 0 Å². The van der Waals surface area contributed by atoms with Crippen LogP contribution in [-0.2, 0) is 0 Å². The van der Waals surface area contributed by atoms with Crippen molar-refractivity contribution in [2.45, 2.75) is 31.9 Å². The van der Waals surface area contributed by atoms with Gasteiger partial charge in [-0.05, 0) is 31.0 Å². The molecule has 1 N–H and O–H groups in total. The second-order valence-corrected chi connectivity index (χ2v) is 6.00. The molecule has 0 saturated carbocycles. The smallest absolute Gasteiger partial charge is 0.428 e. The van der Waals surface area contributed by atoms with E-state index in [2.05, 4.69) is 21.5 Å². The second-order valence-electron chi connectivity index (χ2n) is 6.00. The van der Waals surface area contributed by atoms with Gasteiger partial charge in [0.15, 0.2) is 0 Å². The summed E-state index contributed by atoms with van der Waals surface area (Å²) in [6, 6.07) is 5.98. The number of nitrogens with one attached hydrogen (secondary N) is 1. The van der Waals surface area contributed by atoms with Crippen LogP contribution in [0, 0.1) is 0 Å². The van der Waals surface area contributed by atoms with Gasteiger partial charge in [0.25, 0.3) is 0 Å².